The molecule has 0 saturated carbocycles. The van der Waals surface area contributed by atoms with Crippen LogP contribution in [0.15, 0.2) is 12.1 Å². The second kappa shape index (κ2) is 5.48. The molecule has 0 aromatic heterocycles. The van der Waals surface area contributed by atoms with Gasteiger partial charge in [0.15, 0.2) is 0 Å². The van der Waals surface area contributed by atoms with Gasteiger partial charge < -0.3 is 10.6 Å². The Hall–Kier alpha value is -0.840. The lowest BCUT2D eigenvalue weighted by Gasteiger charge is -2.13. The van der Waals surface area contributed by atoms with Crippen LogP contribution in [0.25, 0.3) is 0 Å². The Morgan fingerprint density at radius 3 is 2.31 bits per heavy atom. The fraction of sp³-hybridized carbons (Fsp3) is 0.300. The first-order chi connectivity index (χ1) is 7.45. The number of amides is 1. The highest BCUT2D eigenvalue weighted by molar-refractivity contribution is 6.39. The lowest BCUT2D eigenvalue weighted by molar-refractivity contribution is -0.117. The summed E-state index contributed by atoms with van der Waals surface area (Å²) >= 11 is 11.5. The lowest BCUT2D eigenvalue weighted by Crippen LogP contribution is -2.35. The normalized spacial score (nSPS) is 12.3. The number of anilines is 1. The van der Waals surface area contributed by atoms with E-state index in [9.17, 15) is 9.18 Å². The maximum Gasteiger partial charge on any atom is 0.241 e. The lowest BCUT2D eigenvalue weighted by atomic mass is 10.2. The summed E-state index contributed by atoms with van der Waals surface area (Å²) in [7, 11) is 1.65. The standard InChI is InChI=1S/C10H11Cl2FN2O/c1-5(14-2)10(16)15-9-7(11)3-6(13)4-8(9)12/h3-5,14H,1-2H3,(H,15,16). The molecule has 1 unspecified atom stereocenters. The molecule has 0 aliphatic carbocycles. The van der Waals surface area contributed by atoms with E-state index in [1.807, 2.05) is 0 Å². The molecule has 1 amide bonds. The number of carbonyl (C=O) groups excluding carboxylic acids is 1. The Morgan fingerprint density at radius 2 is 1.88 bits per heavy atom. The predicted octanol–water partition coefficient (Wildman–Crippen LogP) is 2.68. The molecule has 0 aliphatic rings. The number of nitrogens with one attached hydrogen (secondary N) is 2. The molecule has 16 heavy (non-hydrogen) atoms. The molecule has 0 fully saturated rings. The monoisotopic (exact) mass is 264 g/mol. The van der Waals surface area contributed by atoms with Gasteiger partial charge in [0.25, 0.3) is 0 Å². The first-order valence-electron chi connectivity index (χ1n) is 4.58. The molecule has 1 aromatic carbocycles. The van der Waals surface area contributed by atoms with Gasteiger partial charge in [0.1, 0.15) is 5.82 Å². The molecule has 1 atom stereocenters. The Morgan fingerprint density at radius 1 is 1.38 bits per heavy atom. The number of benzene rings is 1. The molecule has 1 aromatic rings. The van der Waals surface area contributed by atoms with Gasteiger partial charge in [-0.3, -0.25) is 4.79 Å². The van der Waals surface area contributed by atoms with Crippen LogP contribution in [-0.4, -0.2) is 19.0 Å². The van der Waals surface area contributed by atoms with Crippen LogP contribution in [0, 0.1) is 5.82 Å². The predicted molar refractivity (Wildman–Crippen MR) is 63.6 cm³/mol. The molecule has 1 rings (SSSR count). The third-order valence-corrected chi connectivity index (χ3v) is 2.68. The number of halogens is 3. The van der Waals surface area contributed by atoms with E-state index < -0.39 is 11.9 Å². The van der Waals surface area contributed by atoms with Crippen molar-refractivity contribution in [2.75, 3.05) is 12.4 Å². The molecule has 6 heteroatoms. The molecular formula is C10H11Cl2FN2O. The highest BCUT2D eigenvalue weighted by Gasteiger charge is 2.15. The summed E-state index contributed by atoms with van der Waals surface area (Å²) in [6.07, 6.45) is 0. The Kier molecular flexibility index (Phi) is 4.53. The van der Waals surface area contributed by atoms with Crippen molar-refractivity contribution < 1.29 is 9.18 Å². The quantitative estimate of drug-likeness (QED) is 0.882. The first-order valence-corrected chi connectivity index (χ1v) is 5.34. The largest absolute Gasteiger partial charge is 0.322 e. The fourth-order valence-electron chi connectivity index (χ4n) is 1.02. The molecule has 0 saturated heterocycles. The zero-order chi connectivity index (χ0) is 12.3. The van der Waals surface area contributed by atoms with Crippen LogP contribution in [-0.2, 0) is 4.79 Å². The number of carbonyl (C=O) groups is 1. The summed E-state index contributed by atoms with van der Waals surface area (Å²) in [5.41, 5.74) is 0.219. The highest BCUT2D eigenvalue weighted by atomic mass is 35.5. The van der Waals surface area contributed by atoms with Crippen LogP contribution in [0.3, 0.4) is 0 Å². The first kappa shape index (κ1) is 13.2. The number of hydrogen-bond donors (Lipinski definition) is 2. The highest BCUT2D eigenvalue weighted by Crippen LogP contribution is 2.31. The average Bonchev–Trinajstić information content (AvgIpc) is 2.21. The van der Waals surface area contributed by atoms with Crippen LogP contribution < -0.4 is 10.6 Å². The zero-order valence-electron chi connectivity index (χ0n) is 8.77. The SMILES string of the molecule is CNC(C)C(=O)Nc1c(Cl)cc(F)cc1Cl. The van der Waals surface area contributed by atoms with Crippen LogP contribution in [0.1, 0.15) is 6.92 Å². The summed E-state index contributed by atoms with van der Waals surface area (Å²) < 4.78 is 12.9. The number of likely N-dealkylation sites (N-methyl/N-ethyl adjacent to an activating group) is 1. The van der Waals surface area contributed by atoms with Crippen molar-refractivity contribution in [3.8, 4) is 0 Å². The summed E-state index contributed by atoms with van der Waals surface area (Å²) in [6, 6.07) is 1.79. The van der Waals surface area contributed by atoms with E-state index >= 15 is 0 Å². The van der Waals surface area contributed by atoms with Crippen molar-refractivity contribution in [2.45, 2.75) is 13.0 Å². The van der Waals surface area contributed by atoms with Gasteiger partial charge in [-0.05, 0) is 26.1 Å². The average molecular weight is 265 g/mol. The van der Waals surface area contributed by atoms with E-state index in [1.54, 1.807) is 14.0 Å². The van der Waals surface area contributed by atoms with E-state index in [2.05, 4.69) is 10.6 Å². The van der Waals surface area contributed by atoms with Crippen molar-refractivity contribution in [3.63, 3.8) is 0 Å². The van der Waals surface area contributed by atoms with Gasteiger partial charge in [-0.15, -0.1) is 0 Å². The third-order valence-electron chi connectivity index (χ3n) is 2.08. The van der Waals surface area contributed by atoms with Crippen molar-refractivity contribution >= 4 is 34.8 Å². The molecule has 0 aliphatic heterocycles. The van der Waals surface area contributed by atoms with E-state index in [0.29, 0.717) is 0 Å². The van der Waals surface area contributed by atoms with Crippen molar-refractivity contribution in [1.29, 1.82) is 0 Å². The van der Waals surface area contributed by atoms with Gasteiger partial charge in [-0.2, -0.15) is 0 Å². The minimum Gasteiger partial charge on any atom is -0.322 e. The second-order valence-corrected chi connectivity index (χ2v) is 4.06. The van der Waals surface area contributed by atoms with Gasteiger partial charge in [-0.1, -0.05) is 23.2 Å². The molecule has 0 radical (unpaired) electrons. The minimum absolute atomic E-state index is 0.0710. The van der Waals surface area contributed by atoms with Crippen LogP contribution in [0.2, 0.25) is 10.0 Å². The number of hydrogen-bond acceptors (Lipinski definition) is 2. The van der Waals surface area contributed by atoms with Crippen molar-refractivity contribution in [3.05, 3.63) is 28.0 Å². The van der Waals surface area contributed by atoms with Gasteiger partial charge >= 0.3 is 0 Å². The van der Waals surface area contributed by atoms with Gasteiger partial charge in [-0.25, -0.2) is 4.39 Å². The molecule has 2 N–H and O–H groups in total. The fourth-order valence-corrected chi connectivity index (χ4v) is 1.58. The smallest absolute Gasteiger partial charge is 0.241 e. The Bertz CT molecular complexity index is 389. The summed E-state index contributed by atoms with van der Waals surface area (Å²) in [5.74, 6) is -0.840. The van der Waals surface area contributed by atoms with Crippen LogP contribution >= 0.6 is 23.2 Å². The summed E-state index contributed by atoms with van der Waals surface area (Å²) in [6.45, 7) is 1.68. The van der Waals surface area contributed by atoms with E-state index in [4.69, 9.17) is 23.2 Å². The van der Waals surface area contributed by atoms with Crippen LogP contribution in [0.4, 0.5) is 10.1 Å². The second-order valence-electron chi connectivity index (χ2n) is 3.24. The maximum absolute atomic E-state index is 12.9. The van der Waals surface area contributed by atoms with E-state index in [1.165, 1.54) is 0 Å². The van der Waals surface area contributed by atoms with Gasteiger partial charge in [0.2, 0.25) is 5.91 Å². The summed E-state index contributed by atoms with van der Waals surface area (Å²) in [4.78, 5) is 11.5. The topological polar surface area (TPSA) is 41.1 Å². The van der Waals surface area contributed by atoms with E-state index in [0.717, 1.165) is 12.1 Å². The molecule has 88 valence electrons. The molecular weight excluding hydrogens is 254 g/mol. The summed E-state index contributed by atoms with van der Waals surface area (Å²) in [5, 5.41) is 5.43. The van der Waals surface area contributed by atoms with Crippen molar-refractivity contribution in [1.82, 2.24) is 5.32 Å². The Labute approximate surface area is 103 Å². The zero-order valence-corrected chi connectivity index (χ0v) is 10.3. The van der Waals surface area contributed by atoms with Gasteiger partial charge in [0.05, 0.1) is 21.8 Å². The molecule has 0 spiro atoms. The Balaban J connectivity index is 2.93. The van der Waals surface area contributed by atoms with Crippen LogP contribution in [0.5, 0.6) is 0 Å². The van der Waals surface area contributed by atoms with Crippen molar-refractivity contribution in [2.24, 2.45) is 0 Å². The minimum atomic E-state index is -0.547. The molecule has 3 nitrogen and oxygen atoms in total. The van der Waals surface area contributed by atoms with E-state index in [-0.39, 0.29) is 21.6 Å². The number of rotatable bonds is 3. The maximum atomic E-state index is 12.9. The third kappa shape index (κ3) is 3.07. The molecule has 0 heterocycles. The van der Waals surface area contributed by atoms with Gasteiger partial charge in [0, 0.05) is 0 Å². The molecule has 0 bridgehead atoms.